The van der Waals surface area contributed by atoms with Crippen LogP contribution in [0.2, 0.25) is 0 Å². The molecule has 0 saturated carbocycles. The third-order valence-electron chi connectivity index (χ3n) is 3.50. The Balaban J connectivity index is 2.11. The van der Waals surface area contributed by atoms with E-state index in [0.29, 0.717) is 11.3 Å². The van der Waals surface area contributed by atoms with Gasteiger partial charge in [-0.25, -0.2) is 12.8 Å². The molecule has 2 heterocycles. The van der Waals surface area contributed by atoms with Crippen LogP contribution in [-0.2, 0) is 14.8 Å². The molecule has 3 rings (SSSR count). The fourth-order valence-corrected chi connectivity index (χ4v) is 3.95. The molecule has 0 spiro atoms. The van der Waals surface area contributed by atoms with Crippen molar-refractivity contribution in [2.75, 3.05) is 10.8 Å². The van der Waals surface area contributed by atoms with Gasteiger partial charge in [-0.1, -0.05) is 18.2 Å². The van der Waals surface area contributed by atoms with Crippen molar-refractivity contribution in [1.29, 1.82) is 0 Å². The van der Waals surface area contributed by atoms with E-state index in [0.717, 1.165) is 22.8 Å². The Morgan fingerprint density at radius 1 is 1.32 bits per heavy atom. The summed E-state index contributed by atoms with van der Waals surface area (Å²) in [6.45, 7) is -0.229. The van der Waals surface area contributed by atoms with Crippen molar-refractivity contribution in [3.63, 3.8) is 0 Å². The molecule has 0 saturated heterocycles. The van der Waals surface area contributed by atoms with Crippen molar-refractivity contribution in [3.8, 4) is 0 Å². The maximum absolute atomic E-state index is 13.2. The molecule has 6 nitrogen and oxygen atoms in total. The topological polar surface area (TPSA) is 87.6 Å². The average Bonchev–Trinajstić information content (AvgIpc) is 2.87. The van der Waals surface area contributed by atoms with E-state index in [9.17, 15) is 22.7 Å². The van der Waals surface area contributed by atoms with Gasteiger partial charge >= 0.3 is 5.97 Å². The zero-order valence-corrected chi connectivity index (χ0v) is 12.0. The number of rotatable bonds is 3. The van der Waals surface area contributed by atoms with E-state index in [4.69, 9.17) is 0 Å². The van der Waals surface area contributed by atoms with Crippen LogP contribution in [0.3, 0.4) is 0 Å². The van der Waals surface area contributed by atoms with E-state index in [2.05, 4.69) is 4.98 Å². The standard InChI is InChI=1S/C14H11FN2O4S/c15-9-5-10(7-16-6-9)22(20,21)17-8-12(14(18)19)11-3-1-2-4-13(11)17/h1-7,12H,8H2,(H,18,19). The van der Waals surface area contributed by atoms with Crippen LogP contribution < -0.4 is 4.31 Å². The van der Waals surface area contributed by atoms with Crippen LogP contribution in [0, 0.1) is 5.82 Å². The smallest absolute Gasteiger partial charge is 0.312 e. The van der Waals surface area contributed by atoms with Crippen molar-refractivity contribution in [3.05, 3.63) is 54.1 Å². The SMILES string of the molecule is O=C(O)C1CN(S(=O)(=O)c2cncc(F)c2)c2ccccc21. The summed E-state index contributed by atoms with van der Waals surface area (Å²) in [5, 5.41) is 9.26. The molecule has 0 bridgehead atoms. The van der Waals surface area contributed by atoms with Crippen molar-refractivity contribution < 1.29 is 22.7 Å². The largest absolute Gasteiger partial charge is 0.481 e. The number of fused-ring (bicyclic) bond motifs is 1. The zero-order chi connectivity index (χ0) is 15.9. The summed E-state index contributed by atoms with van der Waals surface area (Å²) < 4.78 is 39.5. The molecule has 2 aromatic rings. The second kappa shape index (κ2) is 5.06. The molecule has 0 fully saturated rings. The number of carbonyl (C=O) groups is 1. The fourth-order valence-electron chi connectivity index (χ4n) is 2.47. The minimum Gasteiger partial charge on any atom is -0.481 e. The molecule has 114 valence electrons. The first kappa shape index (κ1) is 14.5. The number of halogens is 1. The molecular formula is C14H11FN2O4S. The minimum absolute atomic E-state index is 0.229. The number of nitrogens with zero attached hydrogens (tertiary/aromatic N) is 2. The summed E-state index contributed by atoms with van der Waals surface area (Å²) in [6.07, 6.45) is 1.94. The molecule has 8 heteroatoms. The number of sulfonamides is 1. The summed E-state index contributed by atoms with van der Waals surface area (Å²) in [6, 6.07) is 7.24. The second-order valence-corrected chi connectivity index (χ2v) is 6.69. The predicted octanol–water partition coefficient (Wildman–Crippen LogP) is 1.60. The molecule has 0 aliphatic carbocycles. The summed E-state index contributed by atoms with van der Waals surface area (Å²) in [4.78, 5) is 14.6. The summed E-state index contributed by atoms with van der Waals surface area (Å²) in [7, 11) is -4.07. The Bertz CT molecular complexity index is 853. The van der Waals surface area contributed by atoms with E-state index in [1.165, 1.54) is 6.07 Å². The van der Waals surface area contributed by atoms with Gasteiger partial charge in [0, 0.05) is 6.20 Å². The molecular weight excluding hydrogens is 311 g/mol. The van der Waals surface area contributed by atoms with Crippen molar-refractivity contribution in [2.24, 2.45) is 0 Å². The number of aromatic nitrogens is 1. The van der Waals surface area contributed by atoms with Crippen LogP contribution in [0.25, 0.3) is 0 Å². The number of carboxylic acid groups (broad SMARTS) is 1. The lowest BCUT2D eigenvalue weighted by Crippen LogP contribution is -2.31. The average molecular weight is 322 g/mol. The molecule has 1 aliphatic rings. The van der Waals surface area contributed by atoms with Gasteiger partial charge in [-0.05, 0) is 17.7 Å². The van der Waals surface area contributed by atoms with Crippen LogP contribution in [0.1, 0.15) is 11.5 Å². The van der Waals surface area contributed by atoms with Gasteiger partial charge in [0.2, 0.25) is 0 Å². The lowest BCUT2D eigenvalue weighted by molar-refractivity contribution is -0.138. The molecule has 0 amide bonds. The second-order valence-electron chi connectivity index (χ2n) is 4.82. The van der Waals surface area contributed by atoms with Gasteiger partial charge in [-0.3, -0.25) is 14.1 Å². The molecule has 0 radical (unpaired) electrons. The highest BCUT2D eigenvalue weighted by Crippen LogP contribution is 2.39. The van der Waals surface area contributed by atoms with E-state index in [-0.39, 0.29) is 11.4 Å². The number of hydrogen-bond donors (Lipinski definition) is 1. The summed E-state index contributed by atoms with van der Waals surface area (Å²) >= 11 is 0. The number of aliphatic carboxylic acids is 1. The number of anilines is 1. The maximum atomic E-state index is 13.2. The minimum atomic E-state index is -4.07. The first-order chi connectivity index (χ1) is 10.4. The number of hydrogen-bond acceptors (Lipinski definition) is 4. The molecule has 1 aromatic carbocycles. The molecule has 1 unspecified atom stereocenters. The number of para-hydroxylation sites is 1. The Labute approximate surface area is 125 Å². The van der Waals surface area contributed by atoms with Crippen LogP contribution in [-0.4, -0.2) is 31.0 Å². The number of carboxylic acids is 1. The monoisotopic (exact) mass is 322 g/mol. The number of benzene rings is 1. The summed E-state index contributed by atoms with van der Waals surface area (Å²) in [5.41, 5.74) is 0.710. The predicted molar refractivity (Wildman–Crippen MR) is 75.5 cm³/mol. The van der Waals surface area contributed by atoms with Crippen molar-refractivity contribution in [2.45, 2.75) is 10.8 Å². The normalized spacial score (nSPS) is 17.3. The molecule has 22 heavy (non-hydrogen) atoms. The highest BCUT2D eigenvalue weighted by Gasteiger charge is 2.39. The Kier molecular flexibility index (Phi) is 3.32. The fraction of sp³-hybridized carbons (Fsp3) is 0.143. The van der Waals surface area contributed by atoms with Gasteiger partial charge in [0.25, 0.3) is 10.0 Å². The Morgan fingerprint density at radius 3 is 2.73 bits per heavy atom. The van der Waals surface area contributed by atoms with Crippen molar-refractivity contribution >= 4 is 21.7 Å². The number of pyridine rings is 1. The third kappa shape index (κ3) is 2.21. The van der Waals surface area contributed by atoms with Gasteiger partial charge in [-0.2, -0.15) is 0 Å². The van der Waals surface area contributed by atoms with Gasteiger partial charge in [0.05, 0.1) is 18.4 Å². The highest BCUT2D eigenvalue weighted by atomic mass is 32.2. The van der Waals surface area contributed by atoms with E-state index < -0.39 is 27.7 Å². The Morgan fingerprint density at radius 2 is 2.05 bits per heavy atom. The van der Waals surface area contributed by atoms with Gasteiger partial charge in [0.15, 0.2) is 0 Å². The molecule has 1 atom stereocenters. The van der Waals surface area contributed by atoms with Gasteiger partial charge in [0.1, 0.15) is 16.6 Å². The third-order valence-corrected chi connectivity index (χ3v) is 5.24. The van der Waals surface area contributed by atoms with E-state index in [1.54, 1.807) is 18.2 Å². The van der Waals surface area contributed by atoms with Crippen LogP contribution in [0.4, 0.5) is 10.1 Å². The van der Waals surface area contributed by atoms with Gasteiger partial charge in [-0.15, -0.1) is 0 Å². The van der Waals surface area contributed by atoms with E-state index in [1.807, 2.05) is 0 Å². The first-order valence-electron chi connectivity index (χ1n) is 6.36. The molecule has 1 N–H and O–H groups in total. The lowest BCUT2D eigenvalue weighted by atomic mass is 10.0. The zero-order valence-electron chi connectivity index (χ0n) is 11.2. The van der Waals surface area contributed by atoms with E-state index >= 15 is 0 Å². The lowest BCUT2D eigenvalue weighted by Gasteiger charge is -2.19. The van der Waals surface area contributed by atoms with Crippen molar-refractivity contribution in [1.82, 2.24) is 4.98 Å². The Hall–Kier alpha value is -2.48. The highest BCUT2D eigenvalue weighted by molar-refractivity contribution is 7.92. The van der Waals surface area contributed by atoms with Crippen LogP contribution >= 0.6 is 0 Å². The summed E-state index contributed by atoms with van der Waals surface area (Å²) in [5.74, 6) is -2.83. The van der Waals surface area contributed by atoms with Crippen LogP contribution in [0.5, 0.6) is 0 Å². The quantitative estimate of drug-likeness (QED) is 0.927. The first-order valence-corrected chi connectivity index (χ1v) is 7.80. The van der Waals surface area contributed by atoms with Crippen LogP contribution in [0.15, 0.2) is 47.6 Å². The maximum Gasteiger partial charge on any atom is 0.312 e. The molecule has 1 aliphatic heterocycles. The molecule has 1 aromatic heterocycles. The van der Waals surface area contributed by atoms with Gasteiger partial charge < -0.3 is 5.11 Å².